The second-order valence-corrected chi connectivity index (χ2v) is 8.22. The molecule has 9 heteroatoms. The molecule has 2 unspecified atom stereocenters. The van der Waals surface area contributed by atoms with Crippen molar-refractivity contribution < 1.29 is 9.53 Å². The summed E-state index contributed by atoms with van der Waals surface area (Å²) in [5, 5.41) is 14.8. The third-order valence-corrected chi connectivity index (χ3v) is 5.64. The van der Waals surface area contributed by atoms with Gasteiger partial charge in [0.25, 0.3) is 5.91 Å². The number of nitrogens with one attached hydrogen (secondary N) is 3. The number of nitrogens with zero attached hydrogens (tertiary/aromatic N) is 1. The number of carbonyl (C=O) groups is 1. The van der Waals surface area contributed by atoms with Crippen molar-refractivity contribution in [3.63, 3.8) is 0 Å². The summed E-state index contributed by atoms with van der Waals surface area (Å²) in [5.41, 5.74) is 4.23. The lowest BCUT2D eigenvalue weighted by atomic mass is 9.94. The number of hydrogen-bond acceptors (Lipinski definition) is 7. The van der Waals surface area contributed by atoms with Gasteiger partial charge in [-0.25, -0.2) is 5.43 Å². The highest BCUT2D eigenvalue weighted by atomic mass is 35.5. The summed E-state index contributed by atoms with van der Waals surface area (Å²) in [4.78, 5) is 12.9. The van der Waals surface area contributed by atoms with Crippen LogP contribution in [0, 0.1) is 29.1 Å². The summed E-state index contributed by atoms with van der Waals surface area (Å²) >= 11 is 7.58. The van der Waals surface area contributed by atoms with Crippen LogP contribution in [0.5, 0.6) is 0 Å². The van der Waals surface area contributed by atoms with E-state index in [2.05, 4.69) is 34.0 Å². The molecule has 2 aliphatic rings. The van der Waals surface area contributed by atoms with Crippen molar-refractivity contribution in [3.05, 3.63) is 52.9 Å². The average Bonchev–Trinajstić information content (AvgIpc) is 3.66. The number of alkyl halides is 1. The molecule has 0 radical (unpaired) electrons. The normalized spacial score (nSPS) is 17.0. The van der Waals surface area contributed by atoms with Gasteiger partial charge in [-0.3, -0.25) is 10.6 Å². The topological polar surface area (TPSA) is 112 Å². The number of dihydropyridines is 1. The predicted molar refractivity (Wildman–Crippen MR) is 137 cm³/mol. The Balaban J connectivity index is 0.00000177. The Hall–Kier alpha value is -2.62. The molecule has 1 saturated carbocycles. The fraction of sp³-hybridized carbons (Fsp3) is 0.417. The summed E-state index contributed by atoms with van der Waals surface area (Å²) in [6.07, 6.45) is 5.66. The highest BCUT2D eigenvalue weighted by Crippen LogP contribution is 2.31. The third kappa shape index (κ3) is 8.34. The molecule has 1 aliphatic heterocycles. The number of rotatable bonds is 7. The van der Waals surface area contributed by atoms with Crippen molar-refractivity contribution in [3.8, 4) is 17.9 Å². The Morgan fingerprint density at radius 3 is 2.76 bits per heavy atom. The maximum atomic E-state index is 12.9. The Bertz CT molecular complexity index is 973. The Kier molecular flexibility index (Phi) is 12.5. The van der Waals surface area contributed by atoms with Crippen molar-refractivity contribution in [1.29, 1.82) is 5.26 Å². The number of carbonyl (C=O) groups excluding carboxylic acids is 1. The molecule has 178 valence electrons. The number of allylic oxidation sites excluding steroid dienone is 1. The molecule has 5 N–H and O–H groups in total. The number of ether oxygens (including phenoxy) is 1. The number of halogens is 1. The zero-order valence-electron chi connectivity index (χ0n) is 18.4. The molecule has 1 fully saturated rings. The molecule has 0 saturated heterocycles. The maximum Gasteiger partial charge on any atom is 0.252 e. The summed E-state index contributed by atoms with van der Waals surface area (Å²) < 4.78 is 5.41. The number of amides is 1. The van der Waals surface area contributed by atoms with Crippen molar-refractivity contribution in [2.45, 2.75) is 45.0 Å². The third-order valence-electron chi connectivity index (χ3n) is 4.49. The van der Waals surface area contributed by atoms with E-state index in [1.165, 1.54) is 18.9 Å². The van der Waals surface area contributed by atoms with E-state index in [1.807, 2.05) is 13.8 Å². The Morgan fingerprint density at radius 2 is 2.15 bits per heavy atom. The van der Waals surface area contributed by atoms with Crippen molar-refractivity contribution >= 4 is 34.8 Å². The lowest BCUT2D eigenvalue weighted by Crippen LogP contribution is -2.34. The van der Waals surface area contributed by atoms with Crippen molar-refractivity contribution in [2.24, 2.45) is 11.8 Å². The average molecular weight is 490 g/mol. The SMILES string of the molecule is C.CC.COC1=CNC(Cl)C=C1c1cc(C#N)ccc1C(=O)NCSC(C#CC1CC1)NN. The minimum Gasteiger partial charge on any atom is -0.495 e. The zero-order valence-corrected chi connectivity index (χ0v) is 19.9. The Morgan fingerprint density at radius 1 is 1.42 bits per heavy atom. The molecule has 0 bridgehead atoms. The fourth-order valence-corrected chi connectivity index (χ4v) is 3.59. The Labute approximate surface area is 206 Å². The molecular weight excluding hydrogens is 458 g/mol. The molecule has 1 aliphatic carbocycles. The van der Waals surface area contributed by atoms with Gasteiger partial charge in [-0.1, -0.05) is 44.7 Å². The summed E-state index contributed by atoms with van der Waals surface area (Å²) in [5.74, 6) is 12.8. The van der Waals surface area contributed by atoms with Crippen LogP contribution in [-0.4, -0.2) is 29.8 Å². The fourth-order valence-electron chi connectivity index (χ4n) is 2.77. The van der Waals surface area contributed by atoms with E-state index in [1.54, 1.807) is 30.5 Å². The van der Waals surface area contributed by atoms with E-state index in [9.17, 15) is 10.1 Å². The number of nitrogens with two attached hydrogens (primary N) is 1. The first-order valence-corrected chi connectivity index (χ1v) is 11.8. The highest BCUT2D eigenvalue weighted by molar-refractivity contribution is 8.00. The monoisotopic (exact) mass is 489 g/mol. The maximum absolute atomic E-state index is 12.9. The lowest BCUT2D eigenvalue weighted by molar-refractivity contribution is 0.0960. The van der Waals surface area contributed by atoms with E-state index in [0.717, 1.165) is 12.8 Å². The van der Waals surface area contributed by atoms with Gasteiger partial charge in [0.05, 0.1) is 24.6 Å². The van der Waals surface area contributed by atoms with Gasteiger partial charge in [0.15, 0.2) is 0 Å². The van der Waals surface area contributed by atoms with E-state index in [-0.39, 0.29) is 18.7 Å². The molecule has 33 heavy (non-hydrogen) atoms. The number of hydrazine groups is 1. The van der Waals surface area contributed by atoms with Gasteiger partial charge in [-0.05, 0) is 42.7 Å². The van der Waals surface area contributed by atoms with Crippen molar-refractivity contribution in [1.82, 2.24) is 16.1 Å². The molecule has 1 aromatic rings. The van der Waals surface area contributed by atoms with Crippen LogP contribution in [0.2, 0.25) is 0 Å². The van der Waals surface area contributed by atoms with Crippen LogP contribution in [-0.2, 0) is 4.74 Å². The van der Waals surface area contributed by atoms with E-state index in [4.69, 9.17) is 22.2 Å². The quantitative estimate of drug-likeness (QED) is 0.115. The van der Waals surface area contributed by atoms with Gasteiger partial charge in [0, 0.05) is 23.3 Å². The minimum absolute atomic E-state index is 0. The van der Waals surface area contributed by atoms with Crippen LogP contribution < -0.4 is 21.9 Å². The number of nitriles is 1. The van der Waals surface area contributed by atoms with Crippen molar-refractivity contribution in [2.75, 3.05) is 13.0 Å². The smallest absolute Gasteiger partial charge is 0.252 e. The van der Waals surface area contributed by atoms with Gasteiger partial charge in [-0.2, -0.15) is 5.26 Å². The summed E-state index contributed by atoms with van der Waals surface area (Å²) in [6.45, 7) is 4.00. The van der Waals surface area contributed by atoms with E-state index < -0.39 is 5.50 Å². The van der Waals surface area contributed by atoms with Gasteiger partial charge in [0.1, 0.15) is 16.6 Å². The van der Waals surface area contributed by atoms with E-state index in [0.29, 0.717) is 39.8 Å². The van der Waals surface area contributed by atoms with Crippen LogP contribution >= 0.6 is 23.4 Å². The first kappa shape index (κ1) is 28.4. The summed E-state index contributed by atoms with van der Waals surface area (Å²) in [6, 6.07) is 6.98. The second kappa shape index (κ2) is 14.5. The van der Waals surface area contributed by atoms with Gasteiger partial charge in [0.2, 0.25) is 0 Å². The molecule has 3 rings (SSSR count). The van der Waals surface area contributed by atoms with Gasteiger partial charge in [-0.15, -0.1) is 11.8 Å². The number of methoxy groups -OCH3 is 1. The van der Waals surface area contributed by atoms with Crippen LogP contribution in [0.15, 0.2) is 36.2 Å². The molecule has 7 nitrogen and oxygen atoms in total. The molecular formula is C24H32ClN5O2S. The first-order chi connectivity index (χ1) is 15.5. The largest absolute Gasteiger partial charge is 0.495 e. The molecule has 2 atom stereocenters. The predicted octanol–water partition coefficient (Wildman–Crippen LogP) is 3.88. The molecule has 1 amide bonds. The van der Waals surface area contributed by atoms with Crippen LogP contribution in [0.25, 0.3) is 5.57 Å². The summed E-state index contributed by atoms with van der Waals surface area (Å²) in [7, 11) is 1.53. The minimum atomic E-state index is -0.461. The second-order valence-electron chi connectivity index (χ2n) is 6.66. The molecule has 1 heterocycles. The number of benzene rings is 1. The number of thioether (sulfide) groups is 1. The van der Waals surface area contributed by atoms with Crippen LogP contribution in [0.1, 0.15) is 55.6 Å². The van der Waals surface area contributed by atoms with Gasteiger partial charge < -0.3 is 15.4 Å². The zero-order chi connectivity index (χ0) is 23.5. The van der Waals surface area contributed by atoms with Crippen LogP contribution in [0.4, 0.5) is 0 Å². The van der Waals surface area contributed by atoms with Crippen LogP contribution in [0.3, 0.4) is 0 Å². The standard InChI is InChI=1S/C21H22ClN5O2S.C2H6.CH4/c1-29-18-11-25-19(22)9-17(18)16-8-14(10-23)4-6-15(16)21(28)26-12-30-20(27-24)7-5-13-2-3-13;1-2;/h4,6,8-9,11,13,19-20,25,27H,2-3,12,24H2,1H3,(H,26,28);1-2H3;1H4. The first-order valence-electron chi connectivity index (χ1n) is 10.3. The molecule has 0 aromatic heterocycles. The highest BCUT2D eigenvalue weighted by Gasteiger charge is 2.22. The number of hydrogen-bond donors (Lipinski definition) is 4. The van der Waals surface area contributed by atoms with E-state index >= 15 is 0 Å². The molecule has 1 aromatic carbocycles. The lowest BCUT2D eigenvalue weighted by Gasteiger charge is -2.21. The molecule has 0 spiro atoms. The van der Waals surface area contributed by atoms with Gasteiger partial charge >= 0.3 is 0 Å².